The molecule has 1 aromatic carbocycles. The number of H-pyrrole nitrogens is 1. The molecule has 2 aromatic heterocycles. The highest BCUT2D eigenvalue weighted by Crippen LogP contribution is 2.46. The Labute approximate surface area is 147 Å². The lowest BCUT2D eigenvalue weighted by atomic mass is 10.1. The lowest BCUT2D eigenvalue weighted by Crippen LogP contribution is -2.27. The molecule has 5 nitrogen and oxygen atoms in total. The fourth-order valence-electron chi connectivity index (χ4n) is 2.69. The van der Waals surface area contributed by atoms with Crippen molar-refractivity contribution >= 4 is 46.0 Å². The molecule has 1 aliphatic carbocycles. The summed E-state index contributed by atoms with van der Waals surface area (Å²) in [7, 11) is 0. The Balaban J connectivity index is 1.65. The molecule has 1 aliphatic rings. The van der Waals surface area contributed by atoms with Crippen LogP contribution in [-0.2, 0) is 4.79 Å². The molecule has 0 saturated heterocycles. The van der Waals surface area contributed by atoms with Crippen LogP contribution in [0.1, 0.15) is 23.4 Å². The quantitative estimate of drug-likeness (QED) is 0.652. The smallest absolute Gasteiger partial charge is 0.232 e. The number of hydrogen-bond donors (Lipinski definition) is 3. The zero-order valence-corrected chi connectivity index (χ0v) is 14.1. The fraction of sp³-hybridized carbons (Fsp3) is 0.222. The zero-order chi connectivity index (χ0) is 17.4. The van der Waals surface area contributed by atoms with Gasteiger partial charge in [0.25, 0.3) is 0 Å². The van der Waals surface area contributed by atoms with Crippen molar-refractivity contribution in [2.75, 3.05) is 11.9 Å². The van der Waals surface area contributed by atoms with E-state index >= 15 is 0 Å². The van der Waals surface area contributed by atoms with Gasteiger partial charge in [0.05, 0.1) is 28.9 Å². The SMILES string of the molecule is O=C(Nc1cc2c(C=Cc3cccs3)n[nH]c2cc1F)C1(CO)CC1. The minimum absolute atomic E-state index is 0.101. The zero-order valence-electron chi connectivity index (χ0n) is 13.3. The predicted octanol–water partition coefficient (Wildman–Crippen LogP) is 3.64. The summed E-state index contributed by atoms with van der Waals surface area (Å²) < 4.78 is 14.3. The summed E-state index contributed by atoms with van der Waals surface area (Å²) in [6, 6.07) is 6.85. The Morgan fingerprint density at radius 2 is 2.28 bits per heavy atom. The lowest BCUT2D eigenvalue weighted by Gasteiger charge is -2.13. The Morgan fingerprint density at radius 3 is 2.96 bits per heavy atom. The molecule has 1 amide bonds. The van der Waals surface area contributed by atoms with E-state index in [-0.39, 0.29) is 18.2 Å². The number of carbonyl (C=O) groups is 1. The maximum absolute atomic E-state index is 14.3. The molecule has 3 N–H and O–H groups in total. The number of nitrogens with one attached hydrogen (secondary N) is 2. The molecule has 128 valence electrons. The molecular weight excluding hydrogens is 341 g/mol. The highest BCUT2D eigenvalue weighted by atomic mass is 32.1. The van der Waals surface area contributed by atoms with E-state index in [0.717, 1.165) is 10.3 Å². The molecule has 7 heteroatoms. The van der Waals surface area contributed by atoms with Crippen molar-refractivity contribution in [3.05, 3.63) is 46.0 Å². The highest BCUT2D eigenvalue weighted by Gasteiger charge is 2.49. The van der Waals surface area contributed by atoms with Gasteiger partial charge in [-0.25, -0.2) is 4.39 Å². The number of anilines is 1. The average molecular weight is 357 g/mol. The Hall–Kier alpha value is -2.51. The molecule has 3 aromatic rings. The van der Waals surface area contributed by atoms with Crippen molar-refractivity contribution in [1.29, 1.82) is 0 Å². The summed E-state index contributed by atoms with van der Waals surface area (Å²) in [4.78, 5) is 13.3. The Bertz CT molecular complexity index is 958. The number of aliphatic hydroxyl groups is 1. The minimum atomic E-state index is -0.750. The lowest BCUT2D eigenvalue weighted by molar-refractivity contribution is -0.122. The first-order valence-corrected chi connectivity index (χ1v) is 8.81. The van der Waals surface area contributed by atoms with Crippen molar-refractivity contribution in [2.45, 2.75) is 12.8 Å². The van der Waals surface area contributed by atoms with E-state index in [4.69, 9.17) is 0 Å². The van der Waals surface area contributed by atoms with Gasteiger partial charge in [-0.1, -0.05) is 6.07 Å². The number of benzene rings is 1. The molecule has 0 radical (unpaired) electrons. The number of aromatic nitrogens is 2. The maximum atomic E-state index is 14.3. The first-order chi connectivity index (χ1) is 12.1. The van der Waals surface area contributed by atoms with E-state index in [2.05, 4.69) is 15.5 Å². The third-order valence-electron chi connectivity index (χ3n) is 4.51. The normalized spacial score (nSPS) is 15.8. The number of fused-ring (bicyclic) bond motifs is 1. The number of carbonyl (C=O) groups excluding carboxylic acids is 1. The van der Waals surface area contributed by atoms with Crippen LogP contribution < -0.4 is 5.32 Å². The summed E-state index contributed by atoms with van der Waals surface area (Å²) in [5.41, 5.74) is 0.580. The topological polar surface area (TPSA) is 78.0 Å². The van der Waals surface area contributed by atoms with Crippen molar-refractivity contribution < 1.29 is 14.3 Å². The largest absolute Gasteiger partial charge is 0.395 e. The van der Waals surface area contributed by atoms with Crippen molar-refractivity contribution in [3.8, 4) is 0 Å². The third kappa shape index (κ3) is 2.96. The number of rotatable bonds is 5. The second-order valence-corrected chi connectivity index (χ2v) is 7.21. The molecule has 2 heterocycles. The van der Waals surface area contributed by atoms with Crippen molar-refractivity contribution in [1.82, 2.24) is 10.2 Å². The van der Waals surface area contributed by atoms with Gasteiger partial charge in [0.2, 0.25) is 5.91 Å². The predicted molar refractivity (Wildman–Crippen MR) is 96.7 cm³/mol. The van der Waals surface area contributed by atoms with Gasteiger partial charge in [-0.3, -0.25) is 9.89 Å². The van der Waals surface area contributed by atoms with Gasteiger partial charge in [0, 0.05) is 16.3 Å². The minimum Gasteiger partial charge on any atom is -0.395 e. The van der Waals surface area contributed by atoms with E-state index in [0.29, 0.717) is 24.1 Å². The van der Waals surface area contributed by atoms with Crippen LogP contribution in [0.5, 0.6) is 0 Å². The van der Waals surface area contributed by atoms with Crippen LogP contribution in [0.4, 0.5) is 10.1 Å². The van der Waals surface area contributed by atoms with Crippen LogP contribution in [0.2, 0.25) is 0 Å². The van der Waals surface area contributed by atoms with E-state index in [1.807, 2.05) is 29.7 Å². The highest BCUT2D eigenvalue weighted by molar-refractivity contribution is 7.10. The first kappa shape index (κ1) is 16.0. The van der Waals surface area contributed by atoms with Crippen LogP contribution in [0.3, 0.4) is 0 Å². The van der Waals surface area contributed by atoms with Crippen LogP contribution >= 0.6 is 11.3 Å². The molecule has 25 heavy (non-hydrogen) atoms. The van der Waals surface area contributed by atoms with Crippen LogP contribution in [0.25, 0.3) is 23.1 Å². The number of nitrogens with zero attached hydrogens (tertiary/aromatic N) is 1. The molecule has 0 aliphatic heterocycles. The monoisotopic (exact) mass is 357 g/mol. The van der Waals surface area contributed by atoms with Crippen molar-refractivity contribution in [2.24, 2.45) is 5.41 Å². The van der Waals surface area contributed by atoms with Crippen LogP contribution in [-0.4, -0.2) is 27.8 Å². The molecule has 0 unspecified atom stereocenters. The molecule has 0 bridgehead atoms. The number of aliphatic hydroxyl groups excluding tert-OH is 1. The van der Waals surface area contributed by atoms with Crippen LogP contribution in [0.15, 0.2) is 29.6 Å². The van der Waals surface area contributed by atoms with Gasteiger partial charge >= 0.3 is 0 Å². The number of halogens is 1. The van der Waals surface area contributed by atoms with E-state index in [9.17, 15) is 14.3 Å². The standard InChI is InChI=1S/C18H16FN3O2S/c19-13-9-15-12(8-16(13)20-17(24)18(10-23)5-6-18)14(21-22-15)4-3-11-2-1-7-25-11/h1-4,7-9,23H,5-6,10H2,(H,20,24)(H,21,22). The molecule has 0 spiro atoms. The number of hydrogen-bond acceptors (Lipinski definition) is 4. The van der Waals surface area contributed by atoms with Crippen molar-refractivity contribution in [3.63, 3.8) is 0 Å². The Morgan fingerprint density at radius 1 is 1.44 bits per heavy atom. The number of thiophene rings is 1. The number of amides is 1. The molecule has 1 fully saturated rings. The Kier molecular flexibility index (Phi) is 3.89. The fourth-order valence-corrected chi connectivity index (χ4v) is 3.31. The summed E-state index contributed by atoms with van der Waals surface area (Å²) in [6.45, 7) is -0.219. The van der Waals surface area contributed by atoms with Gasteiger partial charge in [-0.2, -0.15) is 5.10 Å². The second kappa shape index (κ2) is 6.09. The van der Waals surface area contributed by atoms with Gasteiger partial charge in [-0.05, 0) is 42.5 Å². The van der Waals surface area contributed by atoms with E-state index in [1.54, 1.807) is 17.4 Å². The van der Waals surface area contributed by atoms with Gasteiger partial charge in [-0.15, -0.1) is 11.3 Å². The summed E-state index contributed by atoms with van der Waals surface area (Å²) in [5, 5.41) is 21.7. The van der Waals surface area contributed by atoms with E-state index < -0.39 is 11.2 Å². The van der Waals surface area contributed by atoms with Crippen LogP contribution in [0, 0.1) is 11.2 Å². The second-order valence-electron chi connectivity index (χ2n) is 6.23. The summed E-state index contributed by atoms with van der Waals surface area (Å²) in [6.07, 6.45) is 5.04. The van der Waals surface area contributed by atoms with Gasteiger partial charge in [0.1, 0.15) is 5.82 Å². The number of aromatic amines is 1. The van der Waals surface area contributed by atoms with Gasteiger partial charge < -0.3 is 10.4 Å². The third-order valence-corrected chi connectivity index (χ3v) is 5.35. The summed E-state index contributed by atoms with van der Waals surface area (Å²) in [5.74, 6) is -0.876. The molecular formula is C18H16FN3O2S. The average Bonchev–Trinajstić information content (AvgIpc) is 3.06. The maximum Gasteiger partial charge on any atom is 0.232 e. The molecule has 0 atom stereocenters. The first-order valence-electron chi connectivity index (χ1n) is 7.93. The summed E-state index contributed by atoms with van der Waals surface area (Å²) >= 11 is 1.61. The van der Waals surface area contributed by atoms with E-state index in [1.165, 1.54) is 6.07 Å². The van der Waals surface area contributed by atoms with Gasteiger partial charge in [0.15, 0.2) is 0 Å². The molecule has 1 saturated carbocycles. The molecule has 4 rings (SSSR count).